The summed E-state index contributed by atoms with van der Waals surface area (Å²) in [5.41, 5.74) is 8.00. The lowest BCUT2D eigenvalue weighted by atomic mass is 10.0. The largest absolute Gasteiger partial charge is 0.402 e. The van der Waals surface area contributed by atoms with E-state index in [0.717, 1.165) is 12.1 Å². The second kappa shape index (κ2) is 5.00. The van der Waals surface area contributed by atoms with Crippen molar-refractivity contribution in [2.75, 3.05) is 0 Å². The third kappa shape index (κ3) is 3.87. The molecule has 0 bridgehead atoms. The van der Waals surface area contributed by atoms with Crippen LogP contribution in [-0.2, 0) is 0 Å². The maximum atomic E-state index is 5.71. The molecule has 0 unspecified atom stereocenters. The first-order chi connectivity index (χ1) is 5.11. The van der Waals surface area contributed by atoms with Gasteiger partial charge in [0.2, 0.25) is 0 Å². The van der Waals surface area contributed by atoms with Gasteiger partial charge in [0.05, 0.1) is 0 Å². The van der Waals surface area contributed by atoms with Crippen molar-refractivity contribution in [2.45, 2.75) is 34.1 Å². The quantitative estimate of drug-likeness (QED) is 0.620. The van der Waals surface area contributed by atoms with Crippen LogP contribution in [0.15, 0.2) is 23.4 Å². The number of nitrogens with two attached hydrogens (primary N) is 1. The zero-order chi connectivity index (χ0) is 8.85. The zero-order valence-electron chi connectivity index (χ0n) is 8.02. The van der Waals surface area contributed by atoms with E-state index in [1.165, 1.54) is 5.57 Å². The highest BCUT2D eigenvalue weighted by atomic mass is 14.6. The van der Waals surface area contributed by atoms with Crippen LogP contribution in [0.1, 0.15) is 34.1 Å². The summed E-state index contributed by atoms with van der Waals surface area (Å²) in [7, 11) is 0. The lowest BCUT2D eigenvalue weighted by Crippen LogP contribution is -1.98. The fourth-order valence-corrected chi connectivity index (χ4v) is 0.899. The highest BCUT2D eigenvalue weighted by Crippen LogP contribution is 2.12. The molecule has 0 aromatic carbocycles. The van der Waals surface area contributed by atoms with Crippen LogP contribution < -0.4 is 5.73 Å². The van der Waals surface area contributed by atoms with Gasteiger partial charge in [-0.05, 0) is 30.9 Å². The van der Waals surface area contributed by atoms with Crippen molar-refractivity contribution in [3.63, 3.8) is 0 Å². The second-order valence-electron chi connectivity index (χ2n) is 3.02. The molecule has 0 aromatic rings. The predicted octanol–water partition coefficient (Wildman–Crippen LogP) is 2.84. The van der Waals surface area contributed by atoms with Crippen LogP contribution in [0.5, 0.6) is 0 Å². The maximum Gasteiger partial charge on any atom is 0.00804 e. The molecule has 0 aliphatic heterocycles. The zero-order valence-corrected chi connectivity index (χ0v) is 8.02. The third-order valence-electron chi connectivity index (χ3n) is 1.76. The summed E-state index contributed by atoms with van der Waals surface area (Å²) in [6.07, 6.45) is 5.13. The van der Waals surface area contributed by atoms with Crippen LogP contribution in [0, 0.1) is 5.92 Å². The van der Waals surface area contributed by atoms with Gasteiger partial charge in [0.1, 0.15) is 0 Å². The second-order valence-corrected chi connectivity index (χ2v) is 3.02. The average Bonchev–Trinajstić information content (AvgIpc) is 1.99. The molecule has 0 aliphatic rings. The van der Waals surface area contributed by atoms with E-state index in [4.69, 9.17) is 5.73 Å². The molecule has 0 heterocycles. The standard InChI is InChI=1S/C10H19N/c1-5-9(8(3)4)7-10(11)6-2/h5,7-8H,6,11H2,1-4H3/b9-5+,10-7+. The Hall–Kier alpha value is -0.720. The van der Waals surface area contributed by atoms with Gasteiger partial charge in [-0.15, -0.1) is 0 Å². The molecule has 1 heteroatoms. The lowest BCUT2D eigenvalue weighted by Gasteiger charge is -2.06. The van der Waals surface area contributed by atoms with Gasteiger partial charge < -0.3 is 5.73 Å². The molecule has 1 nitrogen and oxygen atoms in total. The molecule has 0 rings (SSSR count). The number of rotatable bonds is 3. The van der Waals surface area contributed by atoms with Gasteiger partial charge in [0.15, 0.2) is 0 Å². The van der Waals surface area contributed by atoms with Gasteiger partial charge in [-0.2, -0.15) is 0 Å². The molecular formula is C10H19N. The fraction of sp³-hybridized carbons (Fsp3) is 0.600. The molecule has 0 aliphatic carbocycles. The first-order valence-electron chi connectivity index (χ1n) is 4.24. The Morgan fingerprint density at radius 1 is 1.45 bits per heavy atom. The predicted molar refractivity (Wildman–Crippen MR) is 51.2 cm³/mol. The van der Waals surface area contributed by atoms with Crippen molar-refractivity contribution in [1.82, 2.24) is 0 Å². The summed E-state index contributed by atoms with van der Waals surface area (Å²) in [5.74, 6) is 0.574. The van der Waals surface area contributed by atoms with Gasteiger partial charge in [-0.1, -0.05) is 26.8 Å². The van der Waals surface area contributed by atoms with E-state index >= 15 is 0 Å². The Kier molecular flexibility index (Phi) is 4.67. The Morgan fingerprint density at radius 2 is 2.00 bits per heavy atom. The molecule has 11 heavy (non-hydrogen) atoms. The maximum absolute atomic E-state index is 5.71. The van der Waals surface area contributed by atoms with Crippen molar-refractivity contribution < 1.29 is 0 Å². The normalized spacial score (nSPS) is 14.3. The van der Waals surface area contributed by atoms with Crippen molar-refractivity contribution in [3.8, 4) is 0 Å². The molecule has 64 valence electrons. The van der Waals surface area contributed by atoms with Crippen LogP contribution in [0.4, 0.5) is 0 Å². The lowest BCUT2D eigenvalue weighted by molar-refractivity contribution is 0.785. The molecule has 0 atom stereocenters. The van der Waals surface area contributed by atoms with Crippen LogP contribution in [0.2, 0.25) is 0 Å². The van der Waals surface area contributed by atoms with Gasteiger partial charge in [0, 0.05) is 5.70 Å². The highest BCUT2D eigenvalue weighted by molar-refractivity contribution is 5.23. The molecule has 0 aromatic heterocycles. The Morgan fingerprint density at radius 3 is 2.27 bits per heavy atom. The van der Waals surface area contributed by atoms with Crippen molar-refractivity contribution in [2.24, 2.45) is 11.7 Å². The monoisotopic (exact) mass is 153 g/mol. The summed E-state index contributed by atoms with van der Waals surface area (Å²) in [6, 6.07) is 0. The fourth-order valence-electron chi connectivity index (χ4n) is 0.899. The Labute approximate surface area is 70.0 Å². The molecular weight excluding hydrogens is 134 g/mol. The van der Waals surface area contributed by atoms with Crippen molar-refractivity contribution in [3.05, 3.63) is 23.4 Å². The van der Waals surface area contributed by atoms with Crippen LogP contribution >= 0.6 is 0 Å². The molecule has 0 spiro atoms. The first kappa shape index (κ1) is 10.3. The van der Waals surface area contributed by atoms with E-state index in [-0.39, 0.29) is 0 Å². The van der Waals surface area contributed by atoms with Crippen LogP contribution in [0.3, 0.4) is 0 Å². The molecule has 0 fully saturated rings. The highest BCUT2D eigenvalue weighted by Gasteiger charge is 1.97. The van der Waals surface area contributed by atoms with Gasteiger partial charge in [-0.3, -0.25) is 0 Å². The van der Waals surface area contributed by atoms with Crippen LogP contribution in [-0.4, -0.2) is 0 Å². The van der Waals surface area contributed by atoms with E-state index in [2.05, 4.69) is 39.8 Å². The van der Waals surface area contributed by atoms with Crippen molar-refractivity contribution >= 4 is 0 Å². The first-order valence-corrected chi connectivity index (χ1v) is 4.24. The summed E-state index contributed by atoms with van der Waals surface area (Å²) < 4.78 is 0. The summed E-state index contributed by atoms with van der Waals surface area (Å²) in [6.45, 7) is 8.47. The SMILES string of the molecule is C/C=C(\C=C(\N)CC)C(C)C. The number of hydrogen-bond acceptors (Lipinski definition) is 1. The van der Waals surface area contributed by atoms with E-state index in [9.17, 15) is 0 Å². The molecule has 0 saturated heterocycles. The Balaban J connectivity index is 4.32. The minimum Gasteiger partial charge on any atom is -0.402 e. The number of hydrogen-bond donors (Lipinski definition) is 1. The van der Waals surface area contributed by atoms with E-state index in [1.54, 1.807) is 0 Å². The minimum atomic E-state index is 0.574. The molecule has 0 amide bonds. The van der Waals surface area contributed by atoms with E-state index in [1.807, 2.05) is 0 Å². The van der Waals surface area contributed by atoms with Gasteiger partial charge in [0.25, 0.3) is 0 Å². The third-order valence-corrected chi connectivity index (χ3v) is 1.76. The van der Waals surface area contributed by atoms with Crippen molar-refractivity contribution in [1.29, 1.82) is 0 Å². The van der Waals surface area contributed by atoms with E-state index in [0.29, 0.717) is 5.92 Å². The van der Waals surface area contributed by atoms with Crippen LogP contribution in [0.25, 0.3) is 0 Å². The van der Waals surface area contributed by atoms with E-state index < -0.39 is 0 Å². The molecule has 2 N–H and O–H groups in total. The molecule has 0 saturated carbocycles. The van der Waals surface area contributed by atoms with Gasteiger partial charge in [-0.25, -0.2) is 0 Å². The topological polar surface area (TPSA) is 26.0 Å². The summed E-state index contributed by atoms with van der Waals surface area (Å²) in [4.78, 5) is 0. The number of allylic oxidation sites excluding steroid dienone is 4. The minimum absolute atomic E-state index is 0.574. The smallest absolute Gasteiger partial charge is 0.00804 e. The molecule has 0 radical (unpaired) electrons. The average molecular weight is 153 g/mol. The summed E-state index contributed by atoms with van der Waals surface area (Å²) in [5, 5.41) is 0. The Bertz CT molecular complexity index is 164. The van der Waals surface area contributed by atoms with Gasteiger partial charge >= 0.3 is 0 Å². The summed E-state index contributed by atoms with van der Waals surface area (Å²) >= 11 is 0.